The third kappa shape index (κ3) is 4.15. The molecular weight excluding hydrogens is 224 g/mol. The van der Waals surface area contributed by atoms with Crippen LogP contribution in [0, 0.1) is 19.8 Å². The number of rotatable bonds is 5. The Balaban J connectivity index is 2.61. The Morgan fingerprint density at radius 3 is 2.44 bits per heavy atom. The summed E-state index contributed by atoms with van der Waals surface area (Å²) in [5.41, 5.74) is 9.17. The maximum Gasteiger partial charge on any atom is 0.224 e. The van der Waals surface area contributed by atoms with Crippen LogP contribution in [0.25, 0.3) is 0 Å². The summed E-state index contributed by atoms with van der Waals surface area (Å²) in [5.74, 6) is 0.404. The third-order valence-corrected chi connectivity index (χ3v) is 3.34. The number of hydrogen-bond acceptors (Lipinski definition) is 2. The summed E-state index contributed by atoms with van der Waals surface area (Å²) >= 11 is 0. The first kappa shape index (κ1) is 14.7. The predicted octanol–water partition coefficient (Wildman–Crippen LogP) is 1.95. The average Bonchev–Trinajstić information content (AvgIpc) is 2.30. The zero-order valence-electron chi connectivity index (χ0n) is 11.8. The second kappa shape index (κ2) is 6.55. The number of benzene rings is 1. The van der Waals surface area contributed by atoms with Gasteiger partial charge in [-0.25, -0.2) is 0 Å². The lowest BCUT2D eigenvalue weighted by molar-refractivity contribution is -0.121. The molecule has 1 unspecified atom stereocenters. The number of nitrogens with one attached hydrogen (secondary N) is 1. The summed E-state index contributed by atoms with van der Waals surface area (Å²) < 4.78 is 0. The van der Waals surface area contributed by atoms with Crippen molar-refractivity contribution < 1.29 is 4.79 Å². The van der Waals surface area contributed by atoms with Crippen molar-refractivity contribution >= 4 is 5.91 Å². The first-order valence-corrected chi connectivity index (χ1v) is 6.49. The molecule has 0 heterocycles. The zero-order chi connectivity index (χ0) is 13.7. The second-order valence-corrected chi connectivity index (χ2v) is 5.25. The van der Waals surface area contributed by atoms with Gasteiger partial charge >= 0.3 is 0 Å². The Morgan fingerprint density at radius 2 is 1.94 bits per heavy atom. The van der Waals surface area contributed by atoms with Gasteiger partial charge in [0.15, 0.2) is 0 Å². The van der Waals surface area contributed by atoms with E-state index in [-0.39, 0.29) is 11.9 Å². The van der Waals surface area contributed by atoms with Gasteiger partial charge in [-0.3, -0.25) is 4.79 Å². The van der Waals surface area contributed by atoms with Gasteiger partial charge in [-0.05, 0) is 36.5 Å². The molecule has 1 amide bonds. The maximum atomic E-state index is 11.9. The summed E-state index contributed by atoms with van der Waals surface area (Å²) in [4.78, 5) is 11.9. The lowest BCUT2D eigenvalue weighted by Crippen LogP contribution is -2.44. The van der Waals surface area contributed by atoms with Crippen LogP contribution in [0.2, 0.25) is 0 Å². The minimum Gasteiger partial charge on any atom is -0.352 e. The van der Waals surface area contributed by atoms with Crippen LogP contribution < -0.4 is 11.1 Å². The Bertz CT molecular complexity index is 413. The van der Waals surface area contributed by atoms with Crippen LogP contribution in [0.15, 0.2) is 18.2 Å². The molecule has 3 N–H and O–H groups in total. The number of aryl methyl sites for hydroxylation is 2. The molecule has 0 aromatic heterocycles. The molecule has 1 aromatic carbocycles. The van der Waals surface area contributed by atoms with E-state index in [9.17, 15) is 4.79 Å². The van der Waals surface area contributed by atoms with Gasteiger partial charge in [-0.1, -0.05) is 32.0 Å². The van der Waals surface area contributed by atoms with Gasteiger partial charge in [-0.2, -0.15) is 0 Å². The fraction of sp³-hybridized carbons (Fsp3) is 0.533. The average molecular weight is 248 g/mol. The molecule has 0 aliphatic carbocycles. The highest BCUT2D eigenvalue weighted by Gasteiger charge is 2.14. The summed E-state index contributed by atoms with van der Waals surface area (Å²) in [6, 6.07) is 6.20. The molecule has 0 spiro atoms. The van der Waals surface area contributed by atoms with Crippen molar-refractivity contribution in [1.29, 1.82) is 0 Å². The van der Waals surface area contributed by atoms with E-state index >= 15 is 0 Å². The molecule has 1 rings (SSSR count). The van der Waals surface area contributed by atoms with Gasteiger partial charge in [-0.15, -0.1) is 0 Å². The first-order chi connectivity index (χ1) is 8.43. The molecule has 0 aliphatic heterocycles. The molecule has 0 saturated carbocycles. The largest absolute Gasteiger partial charge is 0.352 e. The van der Waals surface area contributed by atoms with E-state index in [1.165, 1.54) is 11.1 Å². The molecule has 0 bridgehead atoms. The van der Waals surface area contributed by atoms with E-state index in [4.69, 9.17) is 5.73 Å². The van der Waals surface area contributed by atoms with Gasteiger partial charge in [0.2, 0.25) is 5.91 Å². The number of carbonyl (C=O) groups excluding carboxylic acids is 1. The molecule has 0 saturated heterocycles. The van der Waals surface area contributed by atoms with Crippen molar-refractivity contribution in [3.05, 3.63) is 34.9 Å². The van der Waals surface area contributed by atoms with Gasteiger partial charge in [0, 0.05) is 12.6 Å². The summed E-state index contributed by atoms with van der Waals surface area (Å²) in [6.45, 7) is 8.74. The van der Waals surface area contributed by atoms with Crippen LogP contribution >= 0.6 is 0 Å². The van der Waals surface area contributed by atoms with E-state index in [2.05, 4.69) is 45.1 Å². The molecule has 0 radical (unpaired) electrons. The van der Waals surface area contributed by atoms with Gasteiger partial charge < -0.3 is 11.1 Å². The van der Waals surface area contributed by atoms with Crippen LogP contribution in [0.1, 0.15) is 30.5 Å². The highest BCUT2D eigenvalue weighted by molar-refractivity contribution is 5.79. The number of hydrogen-bond donors (Lipinski definition) is 2. The maximum absolute atomic E-state index is 11.9. The highest BCUT2D eigenvalue weighted by atomic mass is 16.1. The molecule has 100 valence electrons. The van der Waals surface area contributed by atoms with Crippen molar-refractivity contribution in [2.75, 3.05) is 6.54 Å². The number of nitrogens with two attached hydrogens (primary N) is 1. The van der Waals surface area contributed by atoms with Crippen LogP contribution in [-0.2, 0) is 11.2 Å². The first-order valence-electron chi connectivity index (χ1n) is 6.49. The minimum atomic E-state index is 0.0439. The van der Waals surface area contributed by atoms with Gasteiger partial charge in [0.1, 0.15) is 0 Å². The highest BCUT2D eigenvalue weighted by Crippen LogP contribution is 2.10. The predicted molar refractivity (Wildman–Crippen MR) is 75.4 cm³/mol. The normalized spacial score (nSPS) is 12.6. The lowest BCUT2D eigenvalue weighted by Gasteiger charge is -2.20. The fourth-order valence-electron chi connectivity index (χ4n) is 1.85. The van der Waals surface area contributed by atoms with Crippen molar-refractivity contribution in [2.24, 2.45) is 11.7 Å². The Labute approximate surface area is 110 Å². The molecule has 0 aliphatic rings. The number of carbonyl (C=O) groups is 1. The molecule has 1 aromatic rings. The van der Waals surface area contributed by atoms with Crippen LogP contribution in [0.3, 0.4) is 0 Å². The van der Waals surface area contributed by atoms with Crippen LogP contribution in [0.4, 0.5) is 0 Å². The van der Waals surface area contributed by atoms with Crippen molar-refractivity contribution in [2.45, 2.75) is 40.2 Å². The Kier molecular flexibility index (Phi) is 5.35. The standard InChI is InChI=1S/C15H24N2O/c1-10(2)14(9-16)17-15(18)8-13-6-5-11(3)12(4)7-13/h5-7,10,14H,8-9,16H2,1-4H3,(H,17,18). The molecular formula is C15H24N2O. The molecule has 3 heteroatoms. The summed E-state index contributed by atoms with van der Waals surface area (Å²) in [7, 11) is 0. The summed E-state index contributed by atoms with van der Waals surface area (Å²) in [6.07, 6.45) is 0.421. The lowest BCUT2D eigenvalue weighted by atomic mass is 10.0. The van der Waals surface area contributed by atoms with E-state index in [1.807, 2.05) is 6.07 Å². The summed E-state index contributed by atoms with van der Waals surface area (Å²) in [5, 5.41) is 2.98. The van der Waals surface area contributed by atoms with E-state index < -0.39 is 0 Å². The van der Waals surface area contributed by atoms with E-state index in [0.29, 0.717) is 18.9 Å². The monoisotopic (exact) mass is 248 g/mol. The molecule has 18 heavy (non-hydrogen) atoms. The SMILES string of the molecule is Cc1ccc(CC(=O)NC(CN)C(C)C)cc1C. The molecule has 3 nitrogen and oxygen atoms in total. The van der Waals surface area contributed by atoms with Gasteiger partial charge in [0.05, 0.1) is 6.42 Å². The minimum absolute atomic E-state index is 0.0439. The van der Waals surface area contributed by atoms with Crippen molar-refractivity contribution in [3.63, 3.8) is 0 Å². The van der Waals surface area contributed by atoms with Crippen molar-refractivity contribution in [1.82, 2.24) is 5.32 Å². The van der Waals surface area contributed by atoms with Crippen LogP contribution in [-0.4, -0.2) is 18.5 Å². The van der Waals surface area contributed by atoms with Crippen molar-refractivity contribution in [3.8, 4) is 0 Å². The fourth-order valence-corrected chi connectivity index (χ4v) is 1.85. The van der Waals surface area contributed by atoms with E-state index in [1.54, 1.807) is 0 Å². The van der Waals surface area contributed by atoms with Crippen LogP contribution in [0.5, 0.6) is 0 Å². The Morgan fingerprint density at radius 1 is 1.28 bits per heavy atom. The topological polar surface area (TPSA) is 55.1 Å². The van der Waals surface area contributed by atoms with Gasteiger partial charge in [0.25, 0.3) is 0 Å². The molecule has 1 atom stereocenters. The third-order valence-electron chi connectivity index (χ3n) is 3.34. The Hall–Kier alpha value is -1.35. The zero-order valence-corrected chi connectivity index (χ0v) is 11.8. The quantitative estimate of drug-likeness (QED) is 0.836. The smallest absolute Gasteiger partial charge is 0.224 e. The second-order valence-electron chi connectivity index (χ2n) is 5.25. The molecule has 0 fully saturated rings. The van der Waals surface area contributed by atoms with E-state index in [0.717, 1.165) is 5.56 Å². The number of amides is 1.